The molecule has 4 heterocycles. The van der Waals surface area contributed by atoms with Crippen LogP contribution in [0.3, 0.4) is 0 Å². The minimum atomic E-state index is -4.55. The van der Waals surface area contributed by atoms with Gasteiger partial charge in [-0.05, 0) is 43.5 Å². The second kappa shape index (κ2) is 7.52. The summed E-state index contributed by atoms with van der Waals surface area (Å²) in [5, 5.41) is 4.61. The summed E-state index contributed by atoms with van der Waals surface area (Å²) in [6.07, 6.45) is 0.189. The molecule has 3 aliphatic rings. The molecule has 2 aliphatic heterocycles. The van der Waals surface area contributed by atoms with Gasteiger partial charge in [-0.2, -0.15) is 18.3 Å². The molecule has 0 radical (unpaired) electrons. The summed E-state index contributed by atoms with van der Waals surface area (Å²) in [4.78, 5) is 9.75. The average molecular weight is 492 g/mol. The van der Waals surface area contributed by atoms with E-state index in [-0.39, 0.29) is 35.9 Å². The Balaban J connectivity index is 1.29. The van der Waals surface area contributed by atoms with Crippen molar-refractivity contribution >= 4 is 5.69 Å². The third-order valence-corrected chi connectivity index (χ3v) is 7.92. The lowest BCUT2D eigenvalue weighted by Crippen LogP contribution is -2.45. The molecule has 0 bridgehead atoms. The molecule has 2 fully saturated rings. The van der Waals surface area contributed by atoms with Crippen LogP contribution in [-0.2, 0) is 18.1 Å². The average Bonchev–Trinajstić information content (AvgIpc) is 3.54. The van der Waals surface area contributed by atoms with E-state index >= 15 is 0 Å². The summed E-state index contributed by atoms with van der Waals surface area (Å²) >= 11 is 0. The number of aromatic amines is 1. The Morgan fingerprint density at radius 1 is 1.11 bits per heavy atom. The zero-order valence-corrected chi connectivity index (χ0v) is 18.8. The molecule has 1 spiro atoms. The first-order valence-electron chi connectivity index (χ1n) is 11.7. The fraction of sp³-hybridized carbons (Fsp3) is 0.500. The lowest BCUT2D eigenvalue weighted by molar-refractivity contribution is -0.137. The highest BCUT2D eigenvalue weighted by Crippen LogP contribution is 2.53. The topological polar surface area (TPSA) is 75.8 Å². The maximum Gasteiger partial charge on any atom is 0.418 e. The zero-order valence-electron chi connectivity index (χ0n) is 18.8. The molecule has 1 unspecified atom stereocenters. The number of nitrogen functional groups attached to an aromatic ring is 1. The number of anilines is 1. The normalized spacial score (nSPS) is 25.2. The van der Waals surface area contributed by atoms with Crippen molar-refractivity contribution in [2.45, 2.75) is 55.8 Å². The number of alkyl halides is 5. The highest BCUT2D eigenvalue weighted by atomic mass is 19.4. The quantitative estimate of drug-likeness (QED) is 0.397. The first kappa shape index (κ1) is 22.5. The van der Waals surface area contributed by atoms with Gasteiger partial charge in [0.15, 0.2) is 0 Å². The van der Waals surface area contributed by atoms with E-state index in [0.29, 0.717) is 30.2 Å². The lowest BCUT2D eigenvalue weighted by Gasteiger charge is -2.43. The first-order chi connectivity index (χ1) is 16.5. The van der Waals surface area contributed by atoms with Crippen molar-refractivity contribution in [2.24, 2.45) is 5.92 Å². The molecule has 1 aromatic carbocycles. The molecule has 1 aliphatic carbocycles. The smallest absolute Gasteiger partial charge is 0.398 e. The number of likely N-dealkylation sites (tertiary alicyclic amines) is 1. The molecule has 0 amide bonds. The van der Waals surface area contributed by atoms with Gasteiger partial charge in [0.05, 0.1) is 17.3 Å². The monoisotopic (exact) mass is 492 g/mol. The van der Waals surface area contributed by atoms with Crippen molar-refractivity contribution in [1.29, 1.82) is 0 Å². The van der Waals surface area contributed by atoms with Gasteiger partial charge < -0.3 is 10.7 Å². The van der Waals surface area contributed by atoms with Gasteiger partial charge in [-0.1, -0.05) is 6.07 Å². The van der Waals surface area contributed by atoms with Crippen molar-refractivity contribution < 1.29 is 22.0 Å². The summed E-state index contributed by atoms with van der Waals surface area (Å²) in [6.45, 7) is 2.06. The molecule has 6 rings (SSSR count). The van der Waals surface area contributed by atoms with Crippen molar-refractivity contribution in [3.8, 4) is 11.3 Å². The second-order valence-electron chi connectivity index (χ2n) is 10.1. The highest BCUT2D eigenvalue weighted by Gasteiger charge is 2.54. The molecule has 1 saturated heterocycles. The Bertz CT molecular complexity index is 1240. The van der Waals surface area contributed by atoms with Crippen LogP contribution in [0.4, 0.5) is 27.6 Å². The fourth-order valence-corrected chi connectivity index (χ4v) is 6.18. The van der Waals surface area contributed by atoms with Crippen LogP contribution in [0.5, 0.6) is 0 Å². The maximum absolute atomic E-state index is 13.7. The highest BCUT2D eigenvalue weighted by molar-refractivity contribution is 5.66. The molecular formula is C24H25F5N6. The molecule has 35 heavy (non-hydrogen) atoms. The zero-order chi connectivity index (χ0) is 24.6. The van der Waals surface area contributed by atoms with E-state index in [1.165, 1.54) is 6.07 Å². The number of aromatic nitrogens is 4. The largest absolute Gasteiger partial charge is 0.418 e. The van der Waals surface area contributed by atoms with E-state index < -0.39 is 17.7 Å². The van der Waals surface area contributed by atoms with Crippen molar-refractivity contribution in [1.82, 2.24) is 24.6 Å². The van der Waals surface area contributed by atoms with Gasteiger partial charge >= 0.3 is 6.18 Å². The molecule has 11 heteroatoms. The minimum Gasteiger partial charge on any atom is -0.398 e. The van der Waals surface area contributed by atoms with Crippen LogP contribution in [0, 0.1) is 5.92 Å². The number of fused-ring (bicyclic) bond motifs is 2. The maximum atomic E-state index is 13.7. The van der Waals surface area contributed by atoms with Crippen LogP contribution in [-0.4, -0.2) is 43.7 Å². The van der Waals surface area contributed by atoms with Crippen LogP contribution >= 0.6 is 0 Å². The lowest BCUT2D eigenvalue weighted by atomic mass is 9.75. The Morgan fingerprint density at radius 3 is 2.57 bits per heavy atom. The SMILES string of the molecule is Nc1ccc(-c2cc3n(n2)CC[C@@]32CCN(C(c3ncc[nH]3)C3CC(F)(F)C3)C2)cc1C(F)(F)F. The van der Waals surface area contributed by atoms with Gasteiger partial charge in [0.1, 0.15) is 5.82 Å². The van der Waals surface area contributed by atoms with Crippen molar-refractivity contribution in [3.63, 3.8) is 0 Å². The molecule has 186 valence electrons. The number of rotatable bonds is 4. The number of benzene rings is 1. The molecular weight excluding hydrogens is 467 g/mol. The van der Waals surface area contributed by atoms with Crippen LogP contribution in [0.25, 0.3) is 11.3 Å². The Labute approximate surface area is 198 Å². The summed E-state index contributed by atoms with van der Waals surface area (Å²) in [6, 6.07) is 5.52. The molecule has 2 atom stereocenters. The van der Waals surface area contributed by atoms with Crippen LogP contribution in [0.2, 0.25) is 0 Å². The first-order valence-corrected chi connectivity index (χ1v) is 11.7. The predicted octanol–water partition coefficient (Wildman–Crippen LogP) is 5.01. The molecule has 1 saturated carbocycles. The number of nitrogens with one attached hydrogen (secondary N) is 1. The van der Waals surface area contributed by atoms with Crippen LogP contribution in [0.15, 0.2) is 36.7 Å². The number of aryl methyl sites for hydroxylation is 1. The molecule has 6 nitrogen and oxygen atoms in total. The number of halogens is 5. The Hall–Kier alpha value is -2.95. The van der Waals surface area contributed by atoms with E-state index in [1.807, 2.05) is 10.7 Å². The number of hydrogen-bond acceptors (Lipinski definition) is 4. The van der Waals surface area contributed by atoms with Crippen LogP contribution in [0.1, 0.15) is 48.8 Å². The minimum absolute atomic E-state index is 0.150. The van der Waals surface area contributed by atoms with Gasteiger partial charge in [-0.3, -0.25) is 9.58 Å². The number of nitrogens with zero attached hydrogens (tertiary/aromatic N) is 4. The van der Waals surface area contributed by atoms with E-state index in [2.05, 4.69) is 20.0 Å². The number of nitrogens with two attached hydrogens (primary N) is 1. The summed E-state index contributed by atoms with van der Waals surface area (Å²) in [7, 11) is 0. The number of hydrogen-bond donors (Lipinski definition) is 2. The third-order valence-electron chi connectivity index (χ3n) is 7.92. The van der Waals surface area contributed by atoms with Crippen molar-refractivity contribution in [2.75, 3.05) is 18.8 Å². The number of imidazole rings is 1. The van der Waals surface area contributed by atoms with E-state index in [9.17, 15) is 22.0 Å². The van der Waals surface area contributed by atoms with Gasteiger partial charge in [-0.15, -0.1) is 0 Å². The molecule has 3 aromatic rings. The third kappa shape index (κ3) is 3.71. The number of H-pyrrole nitrogens is 1. The summed E-state index contributed by atoms with van der Waals surface area (Å²) < 4.78 is 69.4. The van der Waals surface area contributed by atoms with Gasteiger partial charge in [0.2, 0.25) is 5.92 Å². The van der Waals surface area contributed by atoms with Gasteiger partial charge in [0.25, 0.3) is 0 Å². The molecule has 2 aromatic heterocycles. The Morgan fingerprint density at radius 2 is 1.89 bits per heavy atom. The summed E-state index contributed by atoms with van der Waals surface area (Å²) in [5.41, 5.74) is 5.97. The Kier molecular flexibility index (Phi) is 4.84. The molecule has 3 N–H and O–H groups in total. The standard InChI is InChI=1S/C24H25F5N6/c25-23(26)11-15(12-23)20(21-31-5-6-32-21)34-7-3-22(13-34)4-8-35-19(22)10-18(33-35)14-1-2-17(30)16(9-14)24(27,28)29/h1-2,5-6,9-10,15,20H,3-4,7-8,11-13,30H2,(H,31,32)/t20?,22-/m1/s1. The fourth-order valence-electron chi connectivity index (χ4n) is 6.18. The van der Waals surface area contributed by atoms with Crippen molar-refractivity contribution in [3.05, 3.63) is 53.7 Å². The van der Waals surface area contributed by atoms with Gasteiger partial charge in [-0.25, -0.2) is 13.8 Å². The van der Waals surface area contributed by atoms with Gasteiger partial charge in [0, 0.05) is 60.7 Å². The predicted molar refractivity (Wildman–Crippen MR) is 119 cm³/mol. The van der Waals surface area contributed by atoms with E-state index in [4.69, 9.17) is 5.73 Å². The van der Waals surface area contributed by atoms with Crippen LogP contribution < -0.4 is 5.73 Å². The summed E-state index contributed by atoms with van der Waals surface area (Å²) in [5.74, 6) is -2.10. The second-order valence-corrected chi connectivity index (χ2v) is 10.1. The van der Waals surface area contributed by atoms with E-state index in [0.717, 1.165) is 31.1 Å². The van der Waals surface area contributed by atoms with E-state index in [1.54, 1.807) is 18.5 Å².